The van der Waals surface area contributed by atoms with E-state index in [1.54, 1.807) is 0 Å². The summed E-state index contributed by atoms with van der Waals surface area (Å²) in [5.74, 6) is -0.865. The molecule has 124 valence electrons. The van der Waals surface area contributed by atoms with Crippen molar-refractivity contribution in [2.45, 2.75) is 50.3 Å². The average Bonchev–Trinajstić information content (AvgIpc) is 2.46. The first-order valence-electron chi connectivity index (χ1n) is 7.22. The molecule has 0 saturated heterocycles. The monoisotopic (exact) mass is 342 g/mol. The molecule has 0 radical (unpaired) electrons. The largest absolute Gasteiger partial charge is 0.462 e. The molecule has 2 unspecified atom stereocenters. The zero-order valence-electron chi connectivity index (χ0n) is 12.6. The van der Waals surface area contributed by atoms with Crippen LogP contribution < -0.4 is 0 Å². The van der Waals surface area contributed by atoms with Gasteiger partial charge in [-0.05, 0) is 12.8 Å². The Balaban J connectivity index is 3.48. The van der Waals surface area contributed by atoms with E-state index in [1.807, 2.05) is 13.8 Å². The summed E-state index contributed by atoms with van der Waals surface area (Å²) in [4.78, 5) is 22.7. The van der Waals surface area contributed by atoms with Gasteiger partial charge >= 0.3 is 11.9 Å². The summed E-state index contributed by atoms with van der Waals surface area (Å²) in [6.45, 7) is 4.62. The van der Waals surface area contributed by atoms with Crippen molar-refractivity contribution in [1.82, 2.24) is 0 Å². The molecule has 21 heavy (non-hydrogen) atoms. The fraction of sp³-hybridized carbons (Fsp3) is 0.857. The number of alkyl halides is 2. The van der Waals surface area contributed by atoms with Gasteiger partial charge in [-0.15, -0.1) is 23.2 Å². The number of ether oxygens (including phenoxy) is 3. The van der Waals surface area contributed by atoms with Crippen LogP contribution in [0.25, 0.3) is 0 Å². The van der Waals surface area contributed by atoms with Gasteiger partial charge in [0.05, 0.1) is 13.2 Å². The molecular formula is C14H24Cl2O5. The first kappa shape index (κ1) is 20.5. The lowest BCUT2D eigenvalue weighted by molar-refractivity contribution is -0.146. The number of hydrogen-bond donors (Lipinski definition) is 0. The Morgan fingerprint density at radius 2 is 1.19 bits per heavy atom. The number of hydrogen-bond acceptors (Lipinski definition) is 5. The standard InChI is InChI=1S/C14H24Cl2O5/c1-3-5-11(15)13(17)20-9-7-19-8-10-21-14(18)12(16)6-4-2/h11-12H,3-10H2,1-2H3. The van der Waals surface area contributed by atoms with Crippen molar-refractivity contribution in [1.29, 1.82) is 0 Å². The van der Waals surface area contributed by atoms with Crippen LogP contribution >= 0.6 is 23.2 Å². The maximum atomic E-state index is 11.4. The Morgan fingerprint density at radius 1 is 0.810 bits per heavy atom. The van der Waals surface area contributed by atoms with Crippen molar-refractivity contribution in [3.8, 4) is 0 Å². The van der Waals surface area contributed by atoms with Gasteiger partial charge in [0.1, 0.15) is 24.0 Å². The second kappa shape index (κ2) is 13.2. The first-order chi connectivity index (χ1) is 10.0. The van der Waals surface area contributed by atoms with Gasteiger partial charge in [0.15, 0.2) is 0 Å². The van der Waals surface area contributed by atoms with Crippen LogP contribution in [0.15, 0.2) is 0 Å². The molecule has 0 fully saturated rings. The van der Waals surface area contributed by atoms with Gasteiger partial charge in [0.25, 0.3) is 0 Å². The van der Waals surface area contributed by atoms with E-state index < -0.39 is 22.7 Å². The summed E-state index contributed by atoms with van der Waals surface area (Å²) in [6.07, 6.45) is 2.83. The van der Waals surface area contributed by atoms with Crippen molar-refractivity contribution in [3.05, 3.63) is 0 Å². The number of halogens is 2. The van der Waals surface area contributed by atoms with Gasteiger partial charge < -0.3 is 14.2 Å². The van der Waals surface area contributed by atoms with Gasteiger partial charge in [-0.3, -0.25) is 9.59 Å². The molecule has 0 N–H and O–H groups in total. The normalized spacial score (nSPS) is 13.5. The molecule has 0 amide bonds. The highest BCUT2D eigenvalue weighted by molar-refractivity contribution is 6.30. The van der Waals surface area contributed by atoms with Crippen molar-refractivity contribution in [3.63, 3.8) is 0 Å². The molecule has 2 atom stereocenters. The number of rotatable bonds is 12. The topological polar surface area (TPSA) is 61.8 Å². The van der Waals surface area contributed by atoms with E-state index in [1.165, 1.54) is 0 Å². The maximum Gasteiger partial charge on any atom is 0.324 e. The highest BCUT2D eigenvalue weighted by atomic mass is 35.5. The van der Waals surface area contributed by atoms with E-state index in [0.29, 0.717) is 12.8 Å². The van der Waals surface area contributed by atoms with Crippen LogP contribution in [0, 0.1) is 0 Å². The van der Waals surface area contributed by atoms with Gasteiger partial charge in [-0.1, -0.05) is 26.7 Å². The van der Waals surface area contributed by atoms with E-state index in [0.717, 1.165) is 12.8 Å². The van der Waals surface area contributed by atoms with Crippen LogP contribution in [-0.2, 0) is 23.8 Å². The predicted molar refractivity (Wildman–Crippen MR) is 81.8 cm³/mol. The predicted octanol–water partition coefficient (Wildman–Crippen LogP) is 2.90. The molecule has 0 aliphatic carbocycles. The lowest BCUT2D eigenvalue weighted by Gasteiger charge is -2.10. The minimum atomic E-state index is -0.602. The highest BCUT2D eigenvalue weighted by Gasteiger charge is 2.16. The SMILES string of the molecule is CCCC(Cl)C(=O)OCCOCCOC(=O)C(Cl)CCC. The molecular weight excluding hydrogens is 319 g/mol. The molecule has 7 heteroatoms. The number of carbonyl (C=O) groups excluding carboxylic acids is 2. The van der Waals surface area contributed by atoms with Gasteiger partial charge in [0.2, 0.25) is 0 Å². The van der Waals surface area contributed by atoms with Crippen molar-refractivity contribution in [2.75, 3.05) is 26.4 Å². The van der Waals surface area contributed by atoms with E-state index in [-0.39, 0.29) is 26.4 Å². The Labute approximate surface area is 136 Å². The third kappa shape index (κ3) is 10.8. The molecule has 0 spiro atoms. The quantitative estimate of drug-likeness (QED) is 0.310. The van der Waals surface area contributed by atoms with Crippen molar-refractivity contribution >= 4 is 35.1 Å². The molecule has 0 aromatic carbocycles. The molecule has 0 saturated carbocycles. The minimum absolute atomic E-state index is 0.133. The van der Waals surface area contributed by atoms with Crippen LogP contribution in [0.1, 0.15) is 39.5 Å². The summed E-state index contributed by atoms with van der Waals surface area (Å²) in [5, 5.41) is -1.20. The Morgan fingerprint density at radius 3 is 1.52 bits per heavy atom. The lowest BCUT2D eigenvalue weighted by Crippen LogP contribution is -2.22. The van der Waals surface area contributed by atoms with E-state index in [2.05, 4.69) is 0 Å². The Kier molecular flexibility index (Phi) is 12.8. The van der Waals surface area contributed by atoms with Gasteiger partial charge in [-0.2, -0.15) is 0 Å². The first-order valence-corrected chi connectivity index (χ1v) is 8.09. The lowest BCUT2D eigenvalue weighted by atomic mass is 10.2. The summed E-state index contributed by atoms with van der Waals surface area (Å²) in [7, 11) is 0. The van der Waals surface area contributed by atoms with E-state index in [9.17, 15) is 9.59 Å². The molecule has 5 nitrogen and oxygen atoms in total. The van der Waals surface area contributed by atoms with Crippen LogP contribution in [0.4, 0.5) is 0 Å². The molecule has 0 aromatic rings. The minimum Gasteiger partial charge on any atom is -0.462 e. The highest BCUT2D eigenvalue weighted by Crippen LogP contribution is 2.07. The van der Waals surface area contributed by atoms with E-state index >= 15 is 0 Å². The fourth-order valence-corrected chi connectivity index (χ4v) is 1.99. The molecule has 0 aliphatic rings. The second-order valence-electron chi connectivity index (χ2n) is 4.46. The smallest absolute Gasteiger partial charge is 0.324 e. The third-order valence-corrected chi connectivity index (χ3v) is 3.33. The van der Waals surface area contributed by atoms with Crippen LogP contribution in [0.2, 0.25) is 0 Å². The summed E-state index contributed by atoms with van der Waals surface area (Å²) >= 11 is 11.6. The van der Waals surface area contributed by atoms with Crippen molar-refractivity contribution < 1.29 is 23.8 Å². The molecule has 0 aliphatic heterocycles. The zero-order chi connectivity index (χ0) is 16.1. The molecule has 0 rings (SSSR count). The maximum absolute atomic E-state index is 11.4. The van der Waals surface area contributed by atoms with Gasteiger partial charge in [0, 0.05) is 0 Å². The second-order valence-corrected chi connectivity index (χ2v) is 5.51. The van der Waals surface area contributed by atoms with E-state index in [4.69, 9.17) is 37.4 Å². The average molecular weight is 343 g/mol. The molecule has 0 heterocycles. The molecule has 0 bridgehead atoms. The summed E-state index contributed by atoms with van der Waals surface area (Å²) in [6, 6.07) is 0. The number of carbonyl (C=O) groups is 2. The van der Waals surface area contributed by atoms with Crippen LogP contribution in [-0.4, -0.2) is 49.1 Å². The number of esters is 2. The van der Waals surface area contributed by atoms with Crippen molar-refractivity contribution in [2.24, 2.45) is 0 Å². The van der Waals surface area contributed by atoms with Crippen LogP contribution in [0.3, 0.4) is 0 Å². The fourth-order valence-electron chi connectivity index (χ4n) is 1.43. The molecule has 0 aromatic heterocycles. The van der Waals surface area contributed by atoms with Gasteiger partial charge in [-0.25, -0.2) is 0 Å². The summed E-state index contributed by atoms with van der Waals surface area (Å²) in [5.41, 5.74) is 0. The Hall–Kier alpha value is -0.520. The summed E-state index contributed by atoms with van der Waals surface area (Å²) < 4.78 is 15.0. The zero-order valence-corrected chi connectivity index (χ0v) is 14.1. The van der Waals surface area contributed by atoms with Crippen LogP contribution in [0.5, 0.6) is 0 Å². The third-order valence-electron chi connectivity index (χ3n) is 2.54. The Bertz CT molecular complexity index is 271.